The Morgan fingerprint density at radius 1 is 1.47 bits per heavy atom. The van der Waals surface area contributed by atoms with Crippen molar-refractivity contribution in [3.05, 3.63) is 22.2 Å². The van der Waals surface area contributed by atoms with E-state index in [9.17, 15) is 8.42 Å². The number of ether oxygens (including phenoxy) is 1. The molecular formula is C12H17BrN2O3S. The van der Waals surface area contributed by atoms with Crippen LogP contribution in [0.2, 0.25) is 0 Å². The van der Waals surface area contributed by atoms with E-state index in [1.807, 2.05) is 6.92 Å². The predicted octanol–water partition coefficient (Wildman–Crippen LogP) is 1.80. The third kappa shape index (κ3) is 3.10. The summed E-state index contributed by atoms with van der Waals surface area (Å²) in [5.74, 6) is 0. The summed E-state index contributed by atoms with van der Waals surface area (Å²) in [6.07, 6.45) is 0.661. The van der Waals surface area contributed by atoms with Gasteiger partial charge in [0, 0.05) is 16.8 Å². The highest BCUT2D eigenvalue weighted by molar-refractivity contribution is 9.10. The van der Waals surface area contributed by atoms with Crippen LogP contribution in [0.15, 0.2) is 21.5 Å². The summed E-state index contributed by atoms with van der Waals surface area (Å²) in [7, 11) is -3.62. The highest BCUT2D eigenvalue weighted by Gasteiger charge is 2.35. The standard InChI is InChI=1S/C12H17BrN2O3S/c1-8-10(14)5-9(13)6-11(8)19(16,17)15-12(2)3-4-18-7-12/h5-6,15H,3-4,7,14H2,1-2H3. The Morgan fingerprint density at radius 2 is 2.16 bits per heavy atom. The number of halogens is 1. The number of rotatable bonds is 3. The van der Waals surface area contributed by atoms with Gasteiger partial charge in [-0.05, 0) is 38.0 Å². The van der Waals surface area contributed by atoms with Crippen molar-refractivity contribution in [2.24, 2.45) is 0 Å². The normalized spacial score (nSPS) is 23.7. The summed E-state index contributed by atoms with van der Waals surface area (Å²) in [6.45, 7) is 4.49. The molecule has 7 heteroatoms. The lowest BCUT2D eigenvalue weighted by molar-refractivity contribution is 0.178. The quantitative estimate of drug-likeness (QED) is 0.816. The average Bonchev–Trinajstić information content (AvgIpc) is 2.68. The van der Waals surface area contributed by atoms with Gasteiger partial charge in [0.25, 0.3) is 0 Å². The zero-order valence-electron chi connectivity index (χ0n) is 10.9. The zero-order chi connectivity index (χ0) is 14.3. The van der Waals surface area contributed by atoms with Crippen LogP contribution in [-0.2, 0) is 14.8 Å². The van der Waals surface area contributed by atoms with Gasteiger partial charge in [-0.3, -0.25) is 0 Å². The molecule has 19 heavy (non-hydrogen) atoms. The van der Waals surface area contributed by atoms with Crippen molar-refractivity contribution >= 4 is 31.6 Å². The fourth-order valence-corrected chi connectivity index (χ4v) is 4.43. The molecule has 1 aliphatic heterocycles. The van der Waals surface area contributed by atoms with Gasteiger partial charge in [-0.2, -0.15) is 0 Å². The topological polar surface area (TPSA) is 81.4 Å². The first-order valence-corrected chi connectivity index (χ1v) is 8.18. The minimum atomic E-state index is -3.62. The molecule has 0 spiro atoms. The molecular weight excluding hydrogens is 332 g/mol. The molecule has 5 nitrogen and oxygen atoms in total. The predicted molar refractivity (Wildman–Crippen MR) is 77.5 cm³/mol. The van der Waals surface area contributed by atoms with Gasteiger partial charge < -0.3 is 10.5 Å². The van der Waals surface area contributed by atoms with Crippen molar-refractivity contribution in [2.75, 3.05) is 18.9 Å². The summed E-state index contributed by atoms with van der Waals surface area (Å²) in [5, 5.41) is 0. The second-order valence-corrected chi connectivity index (χ2v) is 7.65. The van der Waals surface area contributed by atoms with Gasteiger partial charge in [0.2, 0.25) is 10.0 Å². The Hall–Kier alpha value is -0.630. The lowest BCUT2D eigenvalue weighted by Gasteiger charge is -2.24. The highest BCUT2D eigenvalue weighted by Crippen LogP contribution is 2.28. The van der Waals surface area contributed by atoms with Gasteiger partial charge in [0.1, 0.15) is 0 Å². The van der Waals surface area contributed by atoms with Crippen LogP contribution in [0.5, 0.6) is 0 Å². The molecule has 0 saturated carbocycles. The first kappa shape index (κ1) is 14.8. The summed E-state index contributed by atoms with van der Waals surface area (Å²) in [4.78, 5) is 0.201. The van der Waals surface area contributed by atoms with E-state index < -0.39 is 15.6 Å². The Kier molecular flexibility index (Phi) is 3.92. The highest BCUT2D eigenvalue weighted by atomic mass is 79.9. The fourth-order valence-electron chi connectivity index (χ4n) is 2.08. The Labute approximate surface area is 121 Å². The molecule has 0 bridgehead atoms. The molecule has 0 radical (unpaired) electrons. The van der Waals surface area contributed by atoms with Crippen LogP contribution in [0.3, 0.4) is 0 Å². The third-order valence-corrected chi connectivity index (χ3v) is 5.48. The molecule has 0 amide bonds. The second kappa shape index (κ2) is 5.05. The number of hydrogen-bond donors (Lipinski definition) is 2. The smallest absolute Gasteiger partial charge is 0.241 e. The molecule has 1 atom stereocenters. The molecule has 1 fully saturated rings. The number of benzene rings is 1. The van der Waals surface area contributed by atoms with E-state index in [4.69, 9.17) is 10.5 Å². The molecule has 1 aromatic rings. The Bertz CT molecular complexity index is 595. The van der Waals surface area contributed by atoms with Gasteiger partial charge in [-0.15, -0.1) is 0 Å². The number of nitrogens with one attached hydrogen (secondary N) is 1. The van der Waals surface area contributed by atoms with E-state index in [-0.39, 0.29) is 4.90 Å². The lowest BCUT2D eigenvalue weighted by atomic mass is 10.0. The lowest BCUT2D eigenvalue weighted by Crippen LogP contribution is -2.46. The first-order valence-electron chi connectivity index (χ1n) is 5.91. The van der Waals surface area contributed by atoms with E-state index in [0.29, 0.717) is 35.4 Å². The maximum Gasteiger partial charge on any atom is 0.241 e. The molecule has 1 saturated heterocycles. The van der Waals surface area contributed by atoms with Gasteiger partial charge in [-0.1, -0.05) is 15.9 Å². The zero-order valence-corrected chi connectivity index (χ0v) is 13.3. The molecule has 1 aliphatic rings. The second-order valence-electron chi connectivity index (χ2n) is 5.09. The summed E-state index contributed by atoms with van der Waals surface area (Å²) in [5.41, 5.74) is 6.26. The third-order valence-electron chi connectivity index (χ3n) is 3.25. The molecule has 2 rings (SSSR count). The number of sulfonamides is 1. The minimum absolute atomic E-state index is 0.201. The van der Waals surface area contributed by atoms with Crippen LogP contribution >= 0.6 is 15.9 Å². The summed E-state index contributed by atoms with van der Waals surface area (Å²) < 4.78 is 33.6. The van der Waals surface area contributed by atoms with Gasteiger partial charge in [0.05, 0.1) is 17.0 Å². The van der Waals surface area contributed by atoms with Crippen LogP contribution in [0.25, 0.3) is 0 Å². The van der Waals surface area contributed by atoms with Gasteiger partial charge >= 0.3 is 0 Å². The molecule has 1 aromatic carbocycles. The van der Waals surface area contributed by atoms with E-state index in [1.165, 1.54) is 0 Å². The van der Waals surface area contributed by atoms with Crippen LogP contribution in [0.4, 0.5) is 5.69 Å². The van der Waals surface area contributed by atoms with Crippen molar-refractivity contribution in [3.8, 4) is 0 Å². The maximum absolute atomic E-state index is 12.5. The van der Waals surface area contributed by atoms with Crippen molar-refractivity contribution in [2.45, 2.75) is 30.7 Å². The monoisotopic (exact) mass is 348 g/mol. The SMILES string of the molecule is Cc1c(N)cc(Br)cc1S(=O)(=O)NC1(C)CCOC1. The van der Waals surface area contributed by atoms with E-state index in [0.717, 1.165) is 0 Å². The van der Waals surface area contributed by atoms with Crippen molar-refractivity contribution in [3.63, 3.8) is 0 Å². The summed E-state index contributed by atoms with van der Waals surface area (Å²) >= 11 is 3.27. The fraction of sp³-hybridized carbons (Fsp3) is 0.500. The maximum atomic E-state index is 12.5. The van der Waals surface area contributed by atoms with Crippen molar-refractivity contribution < 1.29 is 13.2 Å². The van der Waals surface area contributed by atoms with Crippen molar-refractivity contribution in [1.29, 1.82) is 0 Å². The molecule has 1 heterocycles. The Morgan fingerprint density at radius 3 is 2.74 bits per heavy atom. The van der Waals surface area contributed by atoms with Gasteiger partial charge in [-0.25, -0.2) is 13.1 Å². The van der Waals surface area contributed by atoms with Gasteiger partial charge in [0.15, 0.2) is 0 Å². The number of hydrogen-bond acceptors (Lipinski definition) is 4. The average molecular weight is 349 g/mol. The van der Waals surface area contributed by atoms with Crippen LogP contribution < -0.4 is 10.5 Å². The van der Waals surface area contributed by atoms with E-state index >= 15 is 0 Å². The van der Waals surface area contributed by atoms with Crippen molar-refractivity contribution in [1.82, 2.24) is 4.72 Å². The molecule has 3 N–H and O–H groups in total. The van der Waals surface area contributed by atoms with E-state index in [1.54, 1.807) is 19.1 Å². The Balaban J connectivity index is 2.40. The largest absolute Gasteiger partial charge is 0.398 e. The minimum Gasteiger partial charge on any atom is -0.398 e. The van der Waals surface area contributed by atoms with Crippen LogP contribution in [0, 0.1) is 6.92 Å². The molecule has 0 aromatic heterocycles. The molecule has 106 valence electrons. The van der Waals surface area contributed by atoms with E-state index in [2.05, 4.69) is 20.7 Å². The van der Waals surface area contributed by atoms with Crippen LogP contribution in [-0.4, -0.2) is 27.2 Å². The molecule has 0 aliphatic carbocycles. The van der Waals surface area contributed by atoms with Crippen LogP contribution in [0.1, 0.15) is 18.9 Å². The first-order chi connectivity index (χ1) is 8.73. The number of anilines is 1. The molecule has 1 unspecified atom stereocenters. The summed E-state index contributed by atoms with van der Waals surface area (Å²) in [6, 6.07) is 3.25. The number of nitrogens with two attached hydrogens (primary N) is 1. The number of nitrogen functional groups attached to an aromatic ring is 1.